The molecule has 9 heteroatoms. The van der Waals surface area contributed by atoms with Crippen LogP contribution in [0.15, 0.2) is 76.7 Å². The maximum atomic E-state index is 13.4. The fourth-order valence-electron chi connectivity index (χ4n) is 3.86. The van der Waals surface area contributed by atoms with Gasteiger partial charge in [-0.3, -0.25) is 14.2 Å². The van der Waals surface area contributed by atoms with Gasteiger partial charge in [-0.1, -0.05) is 30.0 Å². The lowest BCUT2D eigenvalue weighted by Crippen LogP contribution is -2.25. The number of nitrogens with zero attached hydrogens (tertiary/aromatic N) is 2. The van der Waals surface area contributed by atoms with Crippen molar-refractivity contribution in [3.05, 3.63) is 82.6 Å². The summed E-state index contributed by atoms with van der Waals surface area (Å²) in [6.07, 6.45) is 0.576. The number of fused-ring (bicyclic) bond motifs is 1. The van der Waals surface area contributed by atoms with Gasteiger partial charge in [0.05, 0.1) is 37.5 Å². The number of methoxy groups -OCH3 is 2. The predicted octanol–water partition coefficient (Wildman–Crippen LogP) is 4.79. The largest absolute Gasteiger partial charge is 0.494 e. The van der Waals surface area contributed by atoms with Crippen LogP contribution >= 0.6 is 11.8 Å². The van der Waals surface area contributed by atoms with Crippen LogP contribution in [0.25, 0.3) is 10.9 Å². The molecule has 192 valence electrons. The SMILES string of the molecule is CCOc1ccc(NC(=O)CSc2nc3ccccc3c(=O)n2CCc2ccc(OC)c(OC)c2)cc1. The Morgan fingerprint density at radius 3 is 2.49 bits per heavy atom. The van der Waals surface area contributed by atoms with E-state index in [1.807, 2.05) is 49.4 Å². The van der Waals surface area contributed by atoms with Crippen LogP contribution in [-0.2, 0) is 17.8 Å². The standard InChI is InChI=1S/C28H29N3O5S/c1-4-36-21-12-10-20(11-13-21)29-26(32)18-37-28-30-23-8-6-5-7-22(23)27(33)31(28)16-15-19-9-14-24(34-2)25(17-19)35-3/h5-14,17H,4,15-16,18H2,1-3H3,(H,29,32). The van der Waals surface area contributed by atoms with E-state index in [1.54, 1.807) is 43.1 Å². The molecule has 37 heavy (non-hydrogen) atoms. The van der Waals surface area contributed by atoms with Crippen LogP contribution in [-0.4, -0.2) is 42.0 Å². The number of anilines is 1. The number of hydrogen-bond acceptors (Lipinski definition) is 7. The summed E-state index contributed by atoms with van der Waals surface area (Å²) in [4.78, 5) is 30.7. The quantitative estimate of drug-likeness (QED) is 0.225. The Morgan fingerprint density at radius 2 is 1.76 bits per heavy atom. The van der Waals surface area contributed by atoms with Gasteiger partial charge in [0.15, 0.2) is 16.7 Å². The third-order valence-corrected chi connectivity index (χ3v) is 6.66. The van der Waals surface area contributed by atoms with Gasteiger partial charge in [0, 0.05) is 12.2 Å². The molecule has 1 N–H and O–H groups in total. The second-order valence-electron chi connectivity index (χ2n) is 8.10. The molecule has 8 nitrogen and oxygen atoms in total. The van der Waals surface area contributed by atoms with E-state index >= 15 is 0 Å². The van der Waals surface area contributed by atoms with Gasteiger partial charge in [-0.15, -0.1) is 0 Å². The average Bonchev–Trinajstić information content (AvgIpc) is 2.92. The van der Waals surface area contributed by atoms with E-state index < -0.39 is 0 Å². The lowest BCUT2D eigenvalue weighted by atomic mass is 10.1. The maximum absolute atomic E-state index is 13.4. The number of rotatable bonds is 11. The number of nitrogens with one attached hydrogen (secondary N) is 1. The van der Waals surface area contributed by atoms with Crippen LogP contribution in [0.5, 0.6) is 17.2 Å². The van der Waals surface area contributed by atoms with Gasteiger partial charge in [-0.2, -0.15) is 0 Å². The van der Waals surface area contributed by atoms with E-state index in [9.17, 15) is 9.59 Å². The molecule has 1 amide bonds. The van der Waals surface area contributed by atoms with Crippen LogP contribution in [0, 0.1) is 0 Å². The van der Waals surface area contributed by atoms with Gasteiger partial charge in [-0.25, -0.2) is 4.98 Å². The number of hydrogen-bond donors (Lipinski definition) is 1. The van der Waals surface area contributed by atoms with E-state index in [-0.39, 0.29) is 17.2 Å². The number of benzene rings is 3. The summed E-state index contributed by atoms with van der Waals surface area (Å²) in [6, 6.07) is 20.1. The molecule has 4 rings (SSSR count). The van der Waals surface area contributed by atoms with Crippen molar-refractivity contribution in [3.63, 3.8) is 0 Å². The number of aromatic nitrogens is 2. The van der Waals surface area contributed by atoms with Crippen LogP contribution in [0.4, 0.5) is 5.69 Å². The fraction of sp³-hybridized carbons (Fsp3) is 0.250. The molecule has 0 aliphatic carbocycles. The number of ether oxygens (including phenoxy) is 3. The molecule has 0 aliphatic heterocycles. The number of carbonyl (C=O) groups excluding carboxylic acids is 1. The van der Waals surface area contributed by atoms with Crippen molar-refractivity contribution >= 4 is 34.3 Å². The Bertz CT molecular complexity index is 1440. The summed E-state index contributed by atoms with van der Waals surface area (Å²) in [5.41, 5.74) is 2.12. The highest BCUT2D eigenvalue weighted by Gasteiger charge is 2.14. The molecule has 1 aromatic heterocycles. The van der Waals surface area contributed by atoms with E-state index in [2.05, 4.69) is 5.32 Å². The smallest absolute Gasteiger partial charge is 0.262 e. The lowest BCUT2D eigenvalue weighted by molar-refractivity contribution is -0.113. The minimum absolute atomic E-state index is 0.106. The van der Waals surface area contributed by atoms with Crippen LogP contribution in [0.1, 0.15) is 12.5 Å². The molecule has 0 unspecified atom stereocenters. The highest BCUT2D eigenvalue weighted by Crippen LogP contribution is 2.28. The first-order chi connectivity index (χ1) is 18.0. The Balaban J connectivity index is 1.52. The first-order valence-electron chi connectivity index (χ1n) is 11.9. The zero-order chi connectivity index (χ0) is 26.2. The molecule has 3 aromatic carbocycles. The molecule has 0 atom stereocenters. The summed E-state index contributed by atoms with van der Waals surface area (Å²) < 4.78 is 17.8. The van der Waals surface area contributed by atoms with Gasteiger partial charge >= 0.3 is 0 Å². The second-order valence-corrected chi connectivity index (χ2v) is 9.04. The van der Waals surface area contributed by atoms with E-state index in [0.29, 0.717) is 52.8 Å². The first-order valence-corrected chi connectivity index (χ1v) is 12.9. The monoisotopic (exact) mass is 519 g/mol. The van der Waals surface area contributed by atoms with Crippen molar-refractivity contribution in [1.82, 2.24) is 9.55 Å². The summed E-state index contributed by atoms with van der Waals surface area (Å²) in [5, 5.41) is 3.91. The van der Waals surface area contributed by atoms with Crippen molar-refractivity contribution in [1.29, 1.82) is 0 Å². The van der Waals surface area contributed by atoms with Crippen LogP contribution < -0.4 is 25.1 Å². The van der Waals surface area contributed by atoms with E-state index in [1.165, 1.54) is 11.8 Å². The first kappa shape index (κ1) is 26.1. The van der Waals surface area contributed by atoms with Gasteiger partial charge < -0.3 is 19.5 Å². The van der Waals surface area contributed by atoms with Gasteiger partial charge in [0.2, 0.25) is 5.91 Å². The van der Waals surface area contributed by atoms with Gasteiger partial charge in [0.1, 0.15) is 5.75 Å². The molecule has 0 spiro atoms. The van der Waals surface area contributed by atoms with Gasteiger partial charge in [0.25, 0.3) is 5.56 Å². The number of carbonyl (C=O) groups is 1. The predicted molar refractivity (Wildman–Crippen MR) is 146 cm³/mol. The van der Waals surface area contributed by atoms with Crippen molar-refractivity contribution in [2.75, 3.05) is 31.9 Å². The van der Waals surface area contributed by atoms with Crippen molar-refractivity contribution in [2.45, 2.75) is 25.0 Å². The Morgan fingerprint density at radius 1 is 1.00 bits per heavy atom. The van der Waals surface area contributed by atoms with Gasteiger partial charge in [-0.05, 0) is 67.4 Å². The van der Waals surface area contributed by atoms with Crippen LogP contribution in [0.3, 0.4) is 0 Å². The Hall–Kier alpha value is -3.98. The highest BCUT2D eigenvalue weighted by atomic mass is 32.2. The minimum Gasteiger partial charge on any atom is -0.494 e. The van der Waals surface area contributed by atoms with Crippen molar-refractivity contribution in [3.8, 4) is 17.2 Å². The summed E-state index contributed by atoms with van der Waals surface area (Å²) >= 11 is 1.23. The normalized spacial score (nSPS) is 10.8. The molecule has 0 radical (unpaired) electrons. The number of amides is 1. The average molecular weight is 520 g/mol. The molecule has 4 aromatic rings. The molecule has 0 bridgehead atoms. The molecule has 1 heterocycles. The molecule has 0 fully saturated rings. The van der Waals surface area contributed by atoms with Crippen LogP contribution in [0.2, 0.25) is 0 Å². The zero-order valence-electron chi connectivity index (χ0n) is 21.0. The Labute approximate surface area is 219 Å². The fourth-order valence-corrected chi connectivity index (χ4v) is 4.69. The number of thioether (sulfide) groups is 1. The third-order valence-electron chi connectivity index (χ3n) is 5.68. The summed E-state index contributed by atoms with van der Waals surface area (Å²) in [7, 11) is 3.18. The number of aryl methyl sites for hydroxylation is 1. The molecular weight excluding hydrogens is 490 g/mol. The van der Waals surface area contributed by atoms with E-state index in [0.717, 1.165) is 11.3 Å². The number of para-hydroxylation sites is 1. The van der Waals surface area contributed by atoms with E-state index in [4.69, 9.17) is 19.2 Å². The molecule has 0 aliphatic rings. The topological polar surface area (TPSA) is 91.7 Å². The van der Waals surface area contributed by atoms with Crippen molar-refractivity contribution in [2.24, 2.45) is 0 Å². The third kappa shape index (κ3) is 6.42. The summed E-state index contributed by atoms with van der Waals surface area (Å²) in [5.74, 6) is 1.93. The minimum atomic E-state index is -0.192. The zero-order valence-corrected chi connectivity index (χ0v) is 21.8. The second kappa shape index (κ2) is 12.3. The Kier molecular flexibility index (Phi) is 8.68. The lowest BCUT2D eigenvalue weighted by Gasteiger charge is -2.14. The summed E-state index contributed by atoms with van der Waals surface area (Å²) in [6.45, 7) is 2.89. The maximum Gasteiger partial charge on any atom is 0.262 e. The molecule has 0 saturated heterocycles. The molecular formula is C28H29N3O5S. The highest BCUT2D eigenvalue weighted by molar-refractivity contribution is 7.99. The molecule has 0 saturated carbocycles. The van der Waals surface area contributed by atoms with Crippen molar-refractivity contribution < 1.29 is 19.0 Å².